The number of aromatic hydroxyl groups is 1. The van der Waals surface area contributed by atoms with E-state index in [0.29, 0.717) is 5.56 Å². The topological polar surface area (TPSA) is 107 Å². The Labute approximate surface area is 156 Å². The van der Waals surface area contributed by atoms with Crippen molar-refractivity contribution in [2.24, 2.45) is 10.4 Å². The van der Waals surface area contributed by atoms with Crippen LogP contribution in [0.5, 0.6) is 5.75 Å². The van der Waals surface area contributed by atoms with Gasteiger partial charge in [-0.05, 0) is 22.3 Å². The summed E-state index contributed by atoms with van der Waals surface area (Å²) in [6.07, 6.45) is 1.46. The Morgan fingerprint density at radius 2 is 1.68 bits per heavy atom. The molecule has 0 aliphatic heterocycles. The van der Waals surface area contributed by atoms with E-state index in [1.165, 1.54) is 6.21 Å². The van der Waals surface area contributed by atoms with Gasteiger partial charge in [-0.1, -0.05) is 51.1 Å². The van der Waals surface area contributed by atoms with Crippen molar-refractivity contribution in [3.05, 3.63) is 42.0 Å². The summed E-state index contributed by atoms with van der Waals surface area (Å²) >= 11 is 1.06. The van der Waals surface area contributed by atoms with Gasteiger partial charge in [-0.25, -0.2) is 4.79 Å². The van der Waals surface area contributed by atoms with Gasteiger partial charge in [0.25, 0.3) is 0 Å². The van der Waals surface area contributed by atoms with Gasteiger partial charge in [-0.15, -0.1) is 0 Å². The molecule has 0 saturated carbocycles. The van der Waals surface area contributed by atoms with Crippen molar-refractivity contribution >= 4 is 23.0 Å². The first-order valence-corrected chi connectivity index (χ1v) is 7.97. The van der Waals surface area contributed by atoms with Gasteiger partial charge in [-0.2, -0.15) is 0 Å². The molecule has 0 unspecified atom stereocenters. The Kier molecular flexibility index (Phi) is 9.90. The monoisotopic (exact) mass is 384 g/mol. The fourth-order valence-electron chi connectivity index (χ4n) is 2.23. The number of aliphatic hydroxyl groups excluding tert-OH is 1. The first kappa shape index (κ1) is 23.0. The summed E-state index contributed by atoms with van der Waals surface area (Å²) in [7, 11) is 1.00. The van der Waals surface area contributed by atoms with Crippen LogP contribution in [0, 0.1) is 5.41 Å². The fourth-order valence-corrected chi connectivity index (χ4v) is 2.23. The molecule has 0 spiro atoms. The van der Waals surface area contributed by atoms with E-state index < -0.39 is 17.4 Å². The quantitative estimate of drug-likeness (QED) is 0.706. The van der Waals surface area contributed by atoms with Crippen molar-refractivity contribution in [1.82, 2.24) is 0 Å². The van der Waals surface area contributed by atoms with Crippen LogP contribution in [0.25, 0.3) is 10.8 Å². The number of phenolic OH excluding ortho intramolecular Hbond substituents is 1. The molecule has 0 amide bonds. The van der Waals surface area contributed by atoms with Crippen LogP contribution in [0.15, 0.2) is 41.4 Å². The molecule has 2 aromatic carbocycles. The van der Waals surface area contributed by atoms with Gasteiger partial charge in [0.1, 0.15) is 5.75 Å². The number of aliphatic carboxylic acids is 1. The van der Waals surface area contributed by atoms with E-state index in [9.17, 15) is 15.0 Å². The Morgan fingerprint density at radius 3 is 2.20 bits per heavy atom. The maximum absolute atomic E-state index is 11.3. The number of hydrogen-bond donors (Lipinski definition) is 3. The van der Waals surface area contributed by atoms with Crippen molar-refractivity contribution in [3.63, 3.8) is 0 Å². The molecule has 3 N–H and O–H groups in total. The minimum absolute atomic E-state index is 0.0931. The number of aliphatic hydroxyl groups is 1. The molecule has 7 heteroatoms. The second kappa shape index (κ2) is 10.8. The van der Waals surface area contributed by atoms with Crippen molar-refractivity contribution in [2.45, 2.75) is 26.8 Å². The maximum atomic E-state index is 11.3. The average molecular weight is 384 g/mol. The molecule has 2 aromatic rings. The summed E-state index contributed by atoms with van der Waals surface area (Å²) in [5, 5.41) is 28.1. The molecular formula is C18H23NO5V. The third-order valence-corrected chi connectivity index (χ3v) is 3.35. The predicted octanol–water partition coefficient (Wildman–Crippen LogP) is 2.95. The number of benzene rings is 2. The summed E-state index contributed by atoms with van der Waals surface area (Å²) in [5.41, 5.74) is 0.0475. The molecule has 6 nitrogen and oxygen atoms in total. The van der Waals surface area contributed by atoms with Crippen LogP contribution in [0.1, 0.15) is 26.3 Å². The average Bonchev–Trinajstić information content (AvgIpc) is 2.59. The molecule has 2 rings (SSSR count). The van der Waals surface area contributed by atoms with Gasteiger partial charge in [0.05, 0.1) is 0 Å². The van der Waals surface area contributed by atoms with Crippen molar-refractivity contribution in [2.75, 3.05) is 7.11 Å². The van der Waals surface area contributed by atoms with E-state index in [4.69, 9.17) is 8.78 Å². The van der Waals surface area contributed by atoms with Crippen molar-refractivity contribution in [3.8, 4) is 5.75 Å². The fraction of sp³-hybridized carbons (Fsp3) is 0.333. The van der Waals surface area contributed by atoms with E-state index in [2.05, 4.69) is 4.99 Å². The molecule has 0 radical (unpaired) electrons. The number of phenols is 1. The van der Waals surface area contributed by atoms with E-state index >= 15 is 0 Å². The number of hydrogen-bond acceptors (Lipinski definition) is 5. The summed E-state index contributed by atoms with van der Waals surface area (Å²) in [6, 6.07) is 10.1. The number of rotatable bonds is 3. The van der Waals surface area contributed by atoms with Crippen LogP contribution < -0.4 is 0 Å². The van der Waals surface area contributed by atoms with E-state index in [-0.39, 0.29) is 5.75 Å². The zero-order valence-corrected chi connectivity index (χ0v) is 16.1. The van der Waals surface area contributed by atoms with Crippen LogP contribution >= 0.6 is 0 Å². The summed E-state index contributed by atoms with van der Waals surface area (Å²) < 4.78 is 8.19. The number of fused-ring (bicyclic) bond motifs is 1. The van der Waals surface area contributed by atoms with Crippen molar-refractivity contribution < 1.29 is 41.2 Å². The van der Waals surface area contributed by atoms with Crippen LogP contribution in [0.4, 0.5) is 0 Å². The number of carbonyl (C=O) groups is 1. The van der Waals surface area contributed by atoms with Crippen molar-refractivity contribution in [1.29, 1.82) is 0 Å². The van der Waals surface area contributed by atoms with Gasteiger partial charge < -0.3 is 15.3 Å². The third-order valence-electron chi connectivity index (χ3n) is 3.35. The van der Waals surface area contributed by atoms with Gasteiger partial charge in [0.2, 0.25) is 0 Å². The molecule has 25 heavy (non-hydrogen) atoms. The SMILES string of the molecule is CC(C)(C)[C@H](N=Cc1c(O)ccc2ccccc12)C(=O)O.CO.[O]=[V]. The summed E-state index contributed by atoms with van der Waals surface area (Å²) in [5.74, 6) is -0.881. The summed E-state index contributed by atoms with van der Waals surface area (Å²) in [4.78, 5) is 15.5. The standard InChI is InChI=1S/C17H19NO3.CH4O.O.V/c1-17(2,3)15(16(20)21)18-10-13-12-7-5-4-6-11(12)8-9-14(13)19;1-2;;/h4-10,15,19H,1-3H3,(H,20,21);2H,1H3;;/t15-;;;/m1.../s1. The van der Waals surface area contributed by atoms with Crippen LogP contribution in [0.3, 0.4) is 0 Å². The zero-order chi connectivity index (χ0) is 19.6. The van der Waals surface area contributed by atoms with Gasteiger partial charge in [0, 0.05) is 18.9 Å². The van der Waals surface area contributed by atoms with Crippen LogP contribution in [-0.4, -0.2) is 40.7 Å². The van der Waals surface area contributed by atoms with E-state index in [1.807, 2.05) is 51.1 Å². The third kappa shape index (κ3) is 6.42. The molecule has 0 heterocycles. The molecule has 0 bridgehead atoms. The second-order valence-corrected chi connectivity index (χ2v) is 6.10. The number of carboxylic acid groups (broad SMARTS) is 1. The Bertz CT molecular complexity index is 725. The Balaban J connectivity index is 0.00000134. The molecule has 0 fully saturated rings. The predicted molar refractivity (Wildman–Crippen MR) is 92.9 cm³/mol. The Morgan fingerprint density at radius 1 is 1.12 bits per heavy atom. The molecule has 0 aliphatic carbocycles. The molecule has 0 aromatic heterocycles. The molecule has 1 atom stereocenters. The molecule has 135 valence electrons. The normalized spacial score (nSPS) is 11.8. The van der Waals surface area contributed by atoms with E-state index in [1.54, 1.807) is 6.07 Å². The second-order valence-electron chi connectivity index (χ2n) is 6.10. The van der Waals surface area contributed by atoms with Gasteiger partial charge in [-0.3, -0.25) is 4.99 Å². The molecule has 0 aliphatic rings. The van der Waals surface area contributed by atoms with Crippen LogP contribution in [-0.2, 0) is 25.8 Å². The first-order valence-electron chi connectivity index (χ1n) is 7.40. The molecule has 0 saturated heterocycles. The van der Waals surface area contributed by atoms with Crippen LogP contribution in [0.2, 0.25) is 0 Å². The number of carboxylic acids is 1. The first-order chi connectivity index (χ1) is 11.8. The van der Waals surface area contributed by atoms with Gasteiger partial charge >= 0.3 is 27.0 Å². The Hall–Kier alpha value is -2.02. The van der Waals surface area contributed by atoms with E-state index in [0.717, 1.165) is 35.3 Å². The number of nitrogens with zero attached hydrogens (tertiary/aromatic N) is 1. The summed E-state index contributed by atoms with van der Waals surface area (Å²) in [6.45, 7) is 5.48. The zero-order valence-electron chi connectivity index (χ0n) is 14.7. The molecular weight excluding hydrogens is 361 g/mol. The number of aliphatic imine (C=N–C) groups is 1. The van der Waals surface area contributed by atoms with Gasteiger partial charge in [0.15, 0.2) is 6.04 Å². The minimum atomic E-state index is -0.974.